The van der Waals surface area contributed by atoms with Gasteiger partial charge >= 0.3 is 20.1 Å². The SMILES string of the molecule is [2H]c1cc2c(oc3c[c-]c(-c4ccc(C([2H])([2H])C([2H])([2H])c5cc(CC6(c7ccc(-c8[c-]cccc8)nc7)CCCCC6)cc(CC6(c7ccc(-c8[c-]cccc8)nc7)CCCCC6)c5)cn4)cc32)c([2H])c1C#N.[Ir+3]. The third-order valence-corrected chi connectivity index (χ3v) is 14.2. The third kappa shape index (κ3) is 9.48. The number of aryl methyl sites for hydroxylation is 2. The van der Waals surface area contributed by atoms with Gasteiger partial charge in [0, 0.05) is 40.3 Å². The fourth-order valence-corrected chi connectivity index (χ4v) is 10.8. The van der Waals surface area contributed by atoms with Crippen LogP contribution in [0.15, 0.2) is 156 Å². The molecule has 0 aliphatic heterocycles. The molecule has 0 bridgehead atoms. The molecule has 336 valence electrons. The predicted octanol–water partition coefficient (Wildman–Crippen LogP) is 14.7. The first kappa shape index (κ1) is 38.5. The first-order chi connectivity index (χ1) is 35.4. The molecule has 2 aliphatic carbocycles. The van der Waals surface area contributed by atoms with Crippen LogP contribution in [0.2, 0.25) is 0 Å². The summed E-state index contributed by atoms with van der Waals surface area (Å²) in [4.78, 5) is 14.6. The molecule has 0 atom stereocenters. The zero-order chi connectivity index (χ0) is 50.4. The Labute approximate surface area is 422 Å². The van der Waals surface area contributed by atoms with Crippen LogP contribution >= 0.6 is 0 Å². The number of furan rings is 1. The minimum atomic E-state index is -2.51. The van der Waals surface area contributed by atoms with Crippen LogP contribution in [-0.2, 0) is 56.5 Å². The second-order valence-electron chi connectivity index (χ2n) is 18.5. The predicted molar refractivity (Wildman–Crippen MR) is 268 cm³/mol. The summed E-state index contributed by atoms with van der Waals surface area (Å²) in [6.45, 7) is 0. The summed E-state index contributed by atoms with van der Waals surface area (Å²) in [6, 6.07) is 50.2. The summed E-state index contributed by atoms with van der Waals surface area (Å²) in [5.74, 6) is 0. The summed E-state index contributed by atoms with van der Waals surface area (Å²) in [6.07, 6.45) is 12.3. The van der Waals surface area contributed by atoms with Gasteiger partial charge in [-0.05, 0) is 114 Å². The van der Waals surface area contributed by atoms with E-state index in [1.165, 1.54) is 23.4 Å². The van der Waals surface area contributed by atoms with E-state index in [1.807, 2.05) is 79.1 Å². The molecular formula is C62H53IrN4O. The van der Waals surface area contributed by atoms with Gasteiger partial charge in [-0.2, -0.15) is 5.26 Å². The number of hydrogen-bond acceptors (Lipinski definition) is 5. The summed E-state index contributed by atoms with van der Waals surface area (Å²) in [5, 5.41) is 10.7. The average molecular weight is 1070 g/mol. The molecule has 11 rings (SSSR count). The molecule has 0 unspecified atom stereocenters. The van der Waals surface area contributed by atoms with E-state index < -0.39 is 12.7 Å². The number of nitrogens with zero attached hydrogens (tertiary/aromatic N) is 4. The molecule has 68 heavy (non-hydrogen) atoms. The van der Waals surface area contributed by atoms with Gasteiger partial charge in [0.25, 0.3) is 0 Å². The summed E-state index contributed by atoms with van der Waals surface area (Å²) >= 11 is 0. The van der Waals surface area contributed by atoms with Crippen LogP contribution in [0, 0.1) is 29.5 Å². The molecule has 2 saturated carbocycles. The molecule has 9 aromatic rings. The van der Waals surface area contributed by atoms with Crippen LogP contribution in [0.5, 0.6) is 0 Å². The Balaban J connectivity index is 0.00000626. The van der Waals surface area contributed by atoms with Crippen molar-refractivity contribution in [1.29, 1.82) is 5.26 Å². The van der Waals surface area contributed by atoms with Gasteiger partial charge in [0.15, 0.2) is 0 Å². The molecule has 5 aromatic carbocycles. The molecule has 0 N–H and O–H groups in total. The van der Waals surface area contributed by atoms with Gasteiger partial charge < -0.3 is 19.4 Å². The first-order valence-electron chi connectivity index (χ1n) is 26.6. The Hall–Kier alpha value is -6.51. The van der Waals surface area contributed by atoms with E-state index in [4.69, 9.17) is 17.1 Å². The van der Waals surface area contributed by atoms with Crippen LogP contribution in [0.1, 0.15) is 111 Å². The molecule has 0 radical (unpaired) electrons. The molecule has 4 heterocycles. The van der Waals surface area contributed by atoms with Gasteiger partial charge in [0.1, 0.15) is 5.58 Å². The van der Waals surface area contributed by atoms with Crippen molar-refractivity contribution in [1.82, 2.24) is 15.0 Å². The number of benzene rings is 5. The summed E-state index contributed by atoms with van der Waals surface area (Å²) in [5.41, 5.74) is 9.49. The topological polar surface area (TPSA) is 75.6 Å². The number of fused-ring (bicyclic) bond motifs is 3. The van der Waals surface area contributed by atoms with Crippen LogP contribution < -0.4 is 0 Å². The average Bonchev–Trinajstić information content (AvgIpc) is 3.80. The molecule has 0 saturated heterocycles. The van der Waals surface area contributed by atoms with E-state index in [9.17, 15) is 10.7 Å². The maximum Gasteiger partial charge on any atom is 3.00 e. The van der Waals surface area contributed by atoms with E-state index in [0.29, 0.717) is 46.0 Å². The summed E-state index contributed by atoms with van der Waals surface area (Å²) in [7, 11) is 0. The Morgan fingerprint density at radius 3 is 1.66 bits per heavy atom. The minimum absolute atomic E-state index is 0. The quantitative estimate of drug-likeness (QED) is 0.114. The molecule has 0 spiro atoms. The Morgan fingerprint density at radius 2 is 1.13 bits per heavy atom. The van der Waals surface area contributed by atoms with Crippen LogP contribution in [0.4, 0.5) is 0 Å². The van der Waals surface area contributed by atoms with Crippen molar-refractivity contribution in [2.24, 2.45) is 0 Å². The van der Waals surface area contributed by atoms with Crippen molar-refractivity contribution in [2.75, 3.05) is 0 Å². The normalized spacial score (nSPS) is 17.1. The van der Waals surface area contributed by atoms with Crippen LogP contribution in [0.3, 0.4) is 0 Å². The molecule has 0 amide bonds. The van der Waals surface area contributed by atoms with Crippen molar-refractivity contribution in [3.05, 3.63) is 209 Å². The number of hydrogen-bond donors (Lipinski definition) is 0. The van der Waals surface area contributed by atoms with Crippen molar-refractivity contribution >= 4 is 21.9 Å². The van der Waals surface area contributed by atoms with Gasteiger partial charge in [-0.15, -0.1) is 95.6 Å². The van der Waals surface area contributed by atoms with Gasteiger partial charge in [-0.25, -0.2) is 0 Å². The number of nitriles is 1. The second kappa shape index (κ2) is 20.0. The zero-order valence-corrected chi connectivity index (χ0v) is 40.2. The van der Waals surface area contributed by atoms with Crippen molar-refractivity contribution in [3.63, 3.8) is 0 Å². The second-order valence-corrected chi connectivity index (χ2v) is 18.5. The summed E-state index contributed by atoms with van der Waals surface area (Å²) < 4.78 is 61.8. The Bertz CT molecular complexity index is 3370. The standard InChI is InChI=1S/C62H53N4O.Ir/c63-40-46-19-24-54-55-37-51(21-28-59(55)67-60(54)36-46)58-25-20-44(41-64-58)17-18-45-33-47(38-61(29-9-3-10-30-61)52-22-26-56(65-42-52)49-13-5-1-6-14-49)35-48(34-45)39-62(31-11-4-12-32-62)53-23-27-57(66-43-53)50-15-7-2-8-16-50;/h1-2,5-8,13,15,19-20,22-28,33-37,41-43H,3-4,9-12,17-18,29-32,38-39H2;/q-3;+3/i17D2,18D2,19D,36D;. The largest absolute Gasteiger partial charge is 3.00 e. The fourth-order valence-electron chi connectivity index (χ4n) is 10.8. The monoisotopic (exact) mass is 1070 g/mol. The maximum absolute atomic E-state index is 9.88. The molecule has 4 aromatic heterocycles. The Morgan fingerprint density at radius 1 is 0.574 bits per heavy atom. The van der Waals surface area contributed by atoms with E-state index in [1.54, 1.807) is 24.3 Å². The van der Waals surface area contributed by atoms with Gasteiger partial charge in [-0.3, -0.25) is 0 Å². The third-order valence-electron chi connectivity index (χ3n) is 14.2. The molecule has 6 heteroatoms. The minimum Gasteiger partial charge on any atom is -0.500 e. The number of aromatic nitrogens is 3. The zero-order valence-electron chi connectivity index (χ0n) is 43.8. The van der Waals surface area contributed by atoms with Gasteiger partial charge in [0.05, 0.1) is 20.0 Å². The van der Waals surface area contributed by atoms with Crippen LogP contribution in [0.25, 0.3) is 55.7 Å². The molecule has 2 fully saturated rings. The molecular weight excluding hydrogens is 1010 g/mol. The van der Waals surface area contributed by atoms with E-state index >= 15 is 0 Å². The van der Waals surface area contributed by atoms with Crippen molar-refractivity contribution in [2.45, 2.75) is 101 Å². The van der Waals surface area contributed by atoms with Crippen LogP contribution in [-0.4, -0.2) is 15.0 Å². The maximum atomic E-state index is 9.88. The fraction of sp³-hybridized carbons (Fsp3) is 0.258. The molecule has 5 nitrogen and oxygen atoms in total. The van der Waals surface area contributed by atoms with Gasteiger partial charge in [-0.1, -0.05) is 105 Å². The smallest absolute Gasteiger partial charge is 0.500 e. The van der Waals surface area contributed by atoms with E-state index in [-0.39, 0.29) is 59.7 Å². The Kier molecular flexibility index (Phi) is 11.3. The number of rotatable bonds is 12. The van der Waals surface area contributed by atoms with E-state index in [2.05, 4.69) is 53.5 Å². The van der Waals surface area contributed by atoms with Gasteiger partial charge in [0.2, 0.25) is 0 Å². The molecule has 2 aliphatic rings. The number of pyridine rings is 3. The van der Waals surface area contributed by atoms with E-state index in [0.717, 1.165) is 97.8 Å². The van der Waals surface area contributed by atoms with Crippen molar-refractivity contribution in [3.8, 4) is 39.8 Å². The van der Waals surface area contributed by atoms with Crippen molar-refractivity contribution < 1.29 is 32.7 Å². The first-order valence-corrected chi connectivity index (χ1v) is 23.6.